The highest BCUT2D eigenvalue weighted by Gasteiger charge is 2.28. The fourth-order valence-electron chi connectivity index (χ4n) is 2.72. The van der Waals surface area contributed by atoms with Gasteiger partial charge < -0.3 is 19.5 Å². The van der Waals surface area contributed by atoms with Crippen LogP contribution in [0.2, 0.25) is 0 Å². The maximum absolute atomic E-state index is 14.0. The Morgan fingerprint density at radius 3 is 2.50 bits per heavy atom. The highest BCUT2D eigenvalue weighted by Crippen LogP contribution is 2.16. The number of rotatable bonds is 10. The van der Waals surface area contributed by atoms with Gasteiger partial charge >= 0.3 is 5.97 Å². The molecule has 0 fully saturated rings. The third kappa shape index (κ3) is 5.87. The summed E-state index contributed by atoms with van der Waals surface area (Å²) in [5, 5.41) is 9.58. The van der Waals surface area contributed by atoms with E-state index in [2.05, 4.69) is 0 Å². The molecule has 0 heterocycles. The second-order valence-corrected chi connectivity index (χ2v) is 6.31. The lowest BCUT2D eigenvalue weighted by molar-refractivity contribution is -0.141. The van der Waals surface area contributed by atoms with E-state index in [1.54, 1.807) is 0 Å². The van der Waals surface area contributed by atoms with Gasteiger partial charge in [-0.05, 0) is 23.8 Å². The van der Waals surface area contributed by atoms with Crippen molar-refractivity contribution in [3.63, 3.8) is 0 Å². The molecule has 0 aliphatic heterocycles. The predicted molar refractivity (Wildman–Crippen MR) is 102 cm³/mol. The molecule has 2 rings (SSSR count). The molecule has 0 saturated heterocycles. The van der Waals surface area contributed by atoms with Gasteiger partial charge in [0.05, 0.1) is 19.8 Å². The number of benzene rings is 2. The van der Waals surface area contributed by atoms with E-state index in [4.69, 9.17) is 9.47 Å². The van der Waals surface area contributed by atoms with Crippen molar-refractivity contribution in [3.8, 4) is 0 Å². The molecule has 1 atom stereocenters. The van der Waals surface area contributed by atoms with Gasteiger partial charge in [-0.15, -0.1) is 0 Å². The van der Waals surface area contributed by atoms with Gasteiger partial charge in [0.25, 0.3) is 5.91 Å². The van der Waals surface area contributed by atoms with Crippen molar-refractivity contribution in [1.82, 2.24) is 4.90 Å². The maximum atomic E-state index is 14.0. The summed E-state index contributed by atoms with van der Waals surface area (Å²) in [6.45, 7) is 0.668. The standard InChI is InChI=1S/C21H24FNO5/c1-23(19(21(25)26)12-15-6-4-3-5-7-15)20(24)16-8-9-18(22)17(13-16)14-28-11-10-27-2/h3-9,13,19H,10-12,14H2,1-2H3,(H,25,26). The molecule has 0 aliphatic rings. The quantitative estimate of drug-likeness (QED) is 0.633. The average molecular weight is 389 g/mol. The molecule has 0 aliphatic carbocycles. The smallest absolute Gasteiger partial charge is 0.326 e. The van der Waals surface area contributed by atoms with Crippen LogP contribution in [0.1, 0.15) is 21.5 Å². The number of carbonyl (C=O) groups is 2. The van der Waals surface area contributed by atoms with Crippen LogP contribution in [0.3, 0.4) is 0 Å². The van der Waals surface area contributed by atoms with Crippen LogP contribution < -0.4 is 0 Å². The van der Waals surface area contributed by atoms with Gasteiger partial charge in [0, 0.05) is 31.7 Å². The molecule has 150 valence electrons. The largest absolute Gasteiger partial charge is 0.480 e. The third-order valence-corrected chi connectivity index (χ3v) is 4.33. The minimum Gasteiger partial charge on any atom is -0.480 e. The lowest BCUT2D eigenvalue weighted by Gasteiger charge is -2.25. The van der Waals surface area contributed by atoms with Crippen LogP contribution in [-0.4, -0.2) is 55.3 Å². The predicted octanol–water partition coefficient (Wildman–Crippen LogP) is 2.76. The van der Waals surface area contributed by atoms with E-state index < -0.39 is 23.7 Å². The summed E-state index contributed by atoms with van der Waals surface area (Å²) < 4.78 is 24.2. The molecule has 0 saturated carbocycles. The third-order valence-electron chi connectivity index (χ3n) is 4.33. The zero-order valence-corrected chi connectivity index (χ0v) is 15.9. The van der Waals surface area contributed by atoms with E-state index in [-0.39, 0.29) is 24.2 Å². The average Bonchev–Trinajstić information content (AvgIpc) is 2.70. The number of likely N-dealkylation sites (N-methyl/N-ethyl adjacent to an activating group) is 1. The lowest BCUT2D eigenvalue weighted by Crippen LogP contribution is -2.43. The lowest BCUT2D eigenvalue weighted by atomic mass is 10.0. The van der Waals surface area contributed by atoms with Crippen LogP contribution >= 0.6 is 0 Å². The number of methoxy groups -OCH3 is 1. The van der Waals surface area contributed by atoms with Crippen molar-refractivity contribution in [2.45, 2.75) is 19.1 Å². The Bertz CT molecular complexity index is 797. The summed E-state index contributed by atoms with van der Waals surface area (Å²) in [4.78, 5) is 25.7. The molecular weight excluding hydrogens is 365 g/mol. The summed E-state index contributed by atoms with van der Waals surface area (Å²) >= 11 is 0. The molecule has 1 amide bonds. The number of carboxylic acid groups (broad SMARTS) is 1. The van der Waals surface area contributed by atoms with Crippen LogP contribution in [0.4, 0.5) is 4.39 Å². The number of hydrogen-bond acceptors (Lipinski definition) is 4. The second kappa shape index (κ2) is 10.5. The Kier molecular flexibility index (Phi) is 8.10. The van der Waals surface area contributed by atoms with E-state index in [0.717, 1.165) is 10.5 Å². The molecule has 6 nitrogen and oxygen atoms in total. The first-order chi connectivity index (χ1) is 13.4. The van der Waals surface area contributed by atoms with Gasteiger partial charge in [0.2, 0.25) is 0 Å². The Hall–Kier alpha value is -2.77. The molecule has 0 radical (unpaired) electrons. The van der Waals surface area contributed by atoms with Gasteiger partial charge in [0.15, 0.2) is 0 Å². The molecule has 1 unspecified atom stereocenters. The number of hydrogen-bond donors (Lipinski definition) is 1. The van der Waals surface area contributed by atoms with E-state index in [0.29, 0.717) is 13.2 Å². The van der Waals surface area contributed by atoms with E-state index in [1.807, 2.05) is 30.3 Å². The first-order valence-electron chi connectivity index (χ1n) is 8.83. The summed E-state index contributed by atoms with van der Waals surface area (Å²) in [7, 11) is 2.97. The second-order valence-electron chi connectivity index (χ2n) is 6.31. The van der Waals surface area contributed by atoms with Crippen molar-refractivity contribution < 1.29 is 28.6 Å². The number of ether oxygens (including phenoxy) is 2. The van der Waals surface area contributed by atoms with E-state index in [9.17, 15) is 19.1 Å². The summed E-state index contributed by atoms with van der Waals surface area (Å²) in [5.74, 6) is -2.10. The number of halogens is 1. The summed E-state index contributed by atoms with van der Waals surface area (Å²) in [6, 6.07) is 11.9. The van der Waals surface area contributed by atoms with Gasteiger partial charge in [-0.3, -0.25) is 4.79 Å². The monoisotopic (exact) mass is 389 g/mol. The van der Waals surface area contributed by atoms with E-state index in [1.165, 1.54) is 32.4 Å². The molecular formula is C21H24FNO5. The van der Waals surface area contributed by atoms with Crippen LogP contribution in [-0.2, 0) is 27.3 Å². The molecule has 7 heteroatoms. The fraction of sp³-hybridized carbons (Fsp3) is 0.333. The first kappa shape index (κ1) is 21.5. The van der Waals surface area contributed by atoms with Crippen LogP contribution in [0.25, 0.3) is 0 Å². The molecule has 0 aromatic heterocycles. The van der Waals surface area contributed by atoms with Crippen molar-refractivity contribution in [3.05, 3.63) is 71.0 Å². The Morgan fingerprint density at radius 2 is 1.86 bits per heavy atom. The Morgan fingerprint density at radius 1 is 1.14 bits per heavy atom. The van der Waals surface area contributed by atoms with Crippen molar-refractivity contribution >= 4 is 11.9 Å². The molecule has 2 aromatic carbocycles. The number of carboxylic acids is 1. The molecule has 0 spiro atoms. The van der Waals surface area contributed by atoms with Crippen molar-refractivity contribution in [2.75, 3.05) is 27.4 Å². The SMILES string of the molecule is COCCOCc1cc(C(=O)N(C)C(Cc2ccccc2)C(=O)O)ccc1F. The molecule has 0 bridgehead atoms. The Labute approximate surface area is 163 Å². The van der Waals surface area contributed by atoms with Crippen LogP contribution in [0.15, 0.2) is 48.5 Å². The minimum absolute atomic E-state index is 0.00754. The van der Waals surface area contributed by atoms with Gasteiger partial charge in [-0.25, -0.2) is 9.18 Å². The maximum Gasteiger partial charge on any atom is 0.326 e. The molecule has 28 heavy (non-hydrogen) atoms. The summed E-state index contributed by atoms with van der Waals surface area (Å²) in [5.41, 5.74) is 1.24. The Balaban J connectivity index is 2.14. The molecule has 2 aromatic rings. The highest BCUT2D eigenvalue weighted by molar-refractivity contribution is 5.96. The number of amides is 1. The van der Waals surface area contributed by atoms with Gasteiger partial charge in [-0.1, -0.05) is 30.3 Å². The van der Waals surface area contributed by atoms with Crippen LogP contribution in [0.5, 0.6) is 0 Å². The van der Waals surface area contributed by atoms with Gasteiger partial charge in [-0.2, -0.15) is 0 Å². The summed E-state index contributed by atoms with van der Waals surface area (Å²) in [6.07, 6.45) is 0.173. The normalized spacial score (nSPS) is 11.8. The number of aliphatic carboxylic acids is 1. The zero-order chi connectivity index (χ0) is 20.5. The fourth-order valence-corrected chi connectivity index (χ4v) is 2.72. The van der Waals surface area contributed by atoms with E-state index >= 15 is 0 Å². The topological polar surface area (TPSA) is 76.1 Å². The van der Waals surface area contributed by atoms with Crippen molar-refractivity contribution in [2.24, 2.45) is 0 Å². The number of carbonyl (C=O) groups excluding carboxylic acids is 1. The van der Waals surface area contributed by atoms with Gasteiger partial charge in [0.1, 0.15) is 11.9 Å². The number of nitrogens with zero attached hydrogens (tertiary/aromatic N) is 1. The zero-order valence-electron chi connectivity index (χ0n) is 15.9. The minimum atomic E-state index is -1.11. The molecule has 1 N–H and O–H groups in total. The first-order valence-corrected chi connectivity index (χ1v) is 8.83. The highest BCUT2D eigenvalue weighted by atomic mass is 19.1. The van der Waals surface area contributed by atoms with Crippen LogP contribution in [0, 0.1) is 5.82 Å². The van der Waals surface area contributed by atoms with Crippen molar-refractivity contribution in [1.29, 1.82) is 0 Å².